The molecule has 0 unspecified atom stereocenters. The first-order valence-corrected chi connectivity index (χ1v) is 4.22. The summed E-state index contributed by atoms with van der Waals surface area (Å²) < 4.78 is 26.0. The molecule has 0 amide bonds. The highest BCUT2D eigenvalue weighted by molar-refractivity contribution is 9.10. The fourth-order valence-corrected chi connectivity index (χ4v) is 1.44. The van der Waals surface area contributed by atoms with Gasteiger partial charge in [-0.2, -0.15) is 0 Å². The maximum absolute atomic E-state index is 13.0. The minimum absolute atomic E-state index is 0.0131. The summed E-state index contributed by atoms with van der Waals surface area (Å²) in [6.45, 7) is 1.41. The molecule has 1 rings (SSSR count). The van der Waals surface area contributed by atoms with Gasteiger partial charge in [-0.05, 0) is 22.9 Å². The maximum Gasteiger partial charge on any atom is 0.158 e. The first-order valence-electron chi connectivity index (χ1n) is 3.04. The van der Waals surface area contributed by atoms with Crippen LogP contribution < -0.4 is 5.73 Å². The fourth-order valence-electron chi connectivity index (χ4n) is 0.774. The van der Waals surface area contributed by atoms with Gasteiger partial charge in [-0.15, -0.1) is 0 Å². The van der Waals surface area contributed by atoms with Crippen LogP contribution in [0, 0.1) is 18.6 Å². The third-order valence-electron chi connectivity index (χ3n) is 1.52. The Kier molecular flexibility index (Phi) is 2.58. The highest BCUT2D eigenvalue weighted by atomic mass is 79.9. The molecule has 0 heterocycles. The van der Waals surface area contributed by atoms with Crippen LogP contribution in [0.3, 0.4) is 0 Å². The number of benzene rings is 1. The Morgan fingerprint density at radius 1 is 1.33 bits per heavy atom. The van der Waals surface area contributed by atoms with E-state index in [2.05, 4.69) is 15.9 Å². The summed E-state index contributed by atoms with van der Waals surface area (Å²) in [7, 11) is 0. The van der Waals surface area contributed by atoms with Crippen LogP contribution in [0.25, 0.3) is 0 Å². The molecule has 0 aromatic heterocycles. The molecule has 66 valence electrons. The first-order chi connectivity index (χ1) is 5.46. The Bertz CT molecular complexity index is 236. The number of nitrogen functional groups attached to an aromatic ring is 1. The molecule has 12 heavy (non-hydrogen) atoms. The lowest BCUT2D eigenvalue weighted by Gasteiger charge is -2.07. The number of anilines is 1. The van der Waals surface area contributed by atoms with Crippen LogP contribution in [0.5, 0.6) is 0 Å². The van der Waals surface area contributed by atoms with E-state index in [1.54, 1.807) is 0 Å². The van der Waals surface area contributed by atoms with E-state index in [1.165, 1.54) is 6.92 Å². The molecule has 1 aromatic carbocycles. The van der Waals surface area contributed by atoms with Crippen LogP contribution in [-0.4, -0.2) is 0 Å². The Morgan fingerprint density at radius 2 is 1.83 bits per heavy atom. The van der Waals surface area contributed by atoms with Gasteiger partial charge in [-0.25, -0.2) is 8.78 Å². The lowest BCUT2D eigenvalue weighted by atomic mass is 10.2. The van der Waals surface area contributed by atoms with Gasteiger partial charge in [0, 0.05) is 5.56 Å². The zero-order valence-electron chi connectivity index (χ0n) is 6.09. The van der Waals surface area contributed by atoms with Crippen LogP contribution in [-0.2, 0) is 0 Å². The molecule has 5 heteroatoms. The molecular weight excluding hydrogens is 251 g/mol. The minimum Gasteiger partial charge on any atom is -0.395 e. The van der Waals surface area contributed by atoms with Gasteiger partial charge in [0.05, 0.1) is 10.2 Å². The molecule has 0 atom stereocenters. The monoisotopic (exact) mass is 255 g/mol. The first kappa shape index (κ1) is 9.74. The zero-order valence-corrected chi connectivity index (χ0v) is 8.43. The van der Waals surface area contributed by atoms with Gasteiger partial charge in [0.15, 0.2) is 11.6 Å². The van der Waals surface area contributed by atoms with E-state index in [-0.39, 0.29) is 20.7 Å². The minimum atomic E-state index is -0.729. The van der Waals surface area contributed by atoms with E-state index in [9.17, 15) is 8.78 Å². The van der Waals surface area contributed by atoms with Crippen molar-refractivity contribution in [3.05, 3.63) is 26.7 Å². The second-order valence-corrected chi connectivity index (χ2v) is 3.47. The lowest BCUT2D eigenvalue weighted by molar-refractivity contribution is 0.591. The number of rotatable bonds is 0. The van der Waals surface area contributed by atoms with Gasteiger partial charge in [0.25, 0.3) is 0 Å². The molecule has 0 saturated carbocycles. The summed E-state index contributed by atoms with van der Waals surface area (Å²) >= 11 is 8.25. The van der Waals surface area contributed by atoms with Crippen molar-refractivity contribution in [1.29, 1.82) is 0 Å². The van der Waals surface area contributed by atoms with E-state index in [0.29, 0.717) is 0 Å². The Labute approximate surface area is 81.6 Å². The summed E-state index contributed by atoms with van der Waals surface area (Å²) in [6, 6.07) is 0. The zero-order chi connectivity index (χ0) is 9.46. The van der Waals surface area contributed by atoms with E-state index in [4.69, 9.17) is 17.3 Å². The average Bonchev–Trinajstić information content (AvgIpc) is 2.08. The molecule has 0 aliphatic carbocycles. The number of nitrogens with two attached hydrogens (primary N) is 1. The molecule has 1 aromatic rings. The highest BCUT2D eigenvalue weighted by Crippen LogP contribution is 2.34. The Hall–Kier alpha value is -0.350. The van der Waals surface area contributed by atoms with Crippen LogP contribution in [0.1, 0.15) is 5.56 Å². The van der Waals surface area contributed by atoms with Gasteiger partial charge in [-0.3, -0.25) is 0 Å². The van der Waals surface area contributed by atoms with Gasteiger partial charge >= 0.3 is 0 Å². The van der Waals surface area contributed by atoms with Crippen molar-refractivity contribution in [1.82, 2.24) is 0 Å². The Morgan fingerprint density at radius 3 is 2.33 bits per heavy atom. The topological polar surface area (TPSA) is 26.0 Å². The number of halogens is 4. The van der Waals surface area contributed by atoms with E-state index >= 15 is 0 Å². The van der Waals surface area contributed by atoms with Crippen molar-refractivity contribution in [3.63, 3.8) is 0 Å². The van der Waals surface area contributed by atoms with Gasteiger partial charge < -0.3 is 5.73 Å². The van der Waals surface area contributed by atoms with Gasteiger partial charge in [0.2, 0.25) is 0 Å². The third-order valence-corrected chi connectivity index (χ3v) is 2.83. The quantitative estimate of drug-likeness (QED) is 0.430. The second-order valence-electron chi connectivity index (χ2n) is 2.29. The molecule has 2 N–H and O–H groups in total. The van der Waals surface area contributed by atoms with E-state index < -0.39 is 11.6 Å². The summed E-state index contributed by atoms with van der Waals surface area (Å²) in [5.74, 6) is -1.42. The largest absolute Gasteiger partial charge is 0.395 e. The molecule has 0 radical (unpaired) electrons. The summed E-state index contributed by atoms with van der Waals surface area (Å²) in [6.07, 6.45) is 0. The maximum atomic E-state index is 13.0. The Balaban J connectivity index is 3.60. The second kappa shape index (κ2) is 3.18. The normalized spacial score (nSPS) is 10.4. The smallest absolute Gasteiger partial charge is 0.158 e. The van der Waals surface area contributed by atoms with E-state index in [1.807, 2.05) is 0 Å². The fraction of sp³-hybridized carbons (Fsp3) is 0.143. The van der Waals surface area contributed by atoms with Crippen LogP contribution in [0.2, 0.25) is 5.02 Å². The van der Waals surface area contributed by atoms with Crippen LogP contribution in [0.4, 0.5) is 14.5 Å². The third kappa shape index (κ3) is 1.29. The molecule has 0 aliphatic heterocycles. The van der Waals surface area contributed by atoms with Gasteiger partial charge in [0.1, 0.15) is 5.02 Å². The predicted molar refractivity (Wildman–Crippen MR) is 48.2 cm³/mol. The van der Waals surface area contributed by atoms with Crippen molar-refractivity contribution >= 4 is 33.2 Å². The SMILES string of the molecule is Cc1c(F)c(N)c(Cl)c(F)c1Br. The number of hydrogen-bond donors (Lipinski definition) is 1. The summed E-state index contributed by atoms with van der Waals surface area (Å²) in [5, 5.41) is -0.384. The molecule has 0 spiro atoms. The van der Waals surface area contributed by atoms with Crippen molar-refractivity contribution < 1.29 is 8.78 Å². The summed E-state index contributed by atoms with van der Waals surface area (Å²) in [4.78, 5) is 0. The number of hydrogen-bond acceptors (Lipinski definition) is 1. The summed E-state index contributed by atoms with van der Waals surface area (Å²) in [5.41, 5.74) is 4.95. The molecule has 1 nitrogen and oxygen atoms in total. The standard InChI is InChI=1S/C7H5BrClF2N/c1-2-3(8)6(11)4(9)7(12)5(2)10/h12H2,1H3. The molecule has 0 aliphatic rings. The van der Waals surface area contributed by atoms with E-state index in [0.717, 1.165) is 0 Å². The van der Waals surface area contributed by atoms with Crippen LogP contribution in [0.15, 0.2) is 4.47 Å². The molecule has 0 saturated heterocycles. The molecular formula is C7H5BrClF2N. The molecule has 0 bridgehead atoms. The van der Waals surface area contributed by atoms with Crippen LogP contribution >= 0.6 is 27.5 Å². The lowest BCUT2D eigenvalue weighted by Crippen LogP contribution is -1.99. The van der Waals surface area contributed by atoms with Crippen molar-refractivity contribution in [2.75, 3.05) is 5.73 Å². The van der Waals surface area contributed by atoms with Crippen molar-refractivity contribution in [3.8, 4) is 0 Å². The van der Waals surface area contributed by atoms with Crippen molar-refractivity contribution in [2.24, 2.45) is 0 Å². The van der Waals surface area contributed by atoms with Crippen molar-refractivity contribution in [2.45, 2.75) is 6.92 Å². The molecule has 0 fully saturated rings. The van der Waals surface area contributed by atoms with Gasteiger partial charge in [-0.1, -0.05) is 11.6 Å². The predicted octanol–water partition coefficient (Wildman–Crippen LogP) is 3.27. The highest BCUT2D eigenvalue weighted by Gasteiger charge is 2.17. The average molecular weight is 256 g/mol.